The summed E-state index contributed by atoms with van der Waals surface area (Å²) >= 11 is 0. The molecule has 0 spiro atoms. The molecular weight excluding hydrogens is 751 g/mol. The zero-order valence-corrected chi connectivity index (χ0v) is 39.1. The van der Waals surface area contributed by atoms with Crippen molar-refractivity contribution in [3.05, 3.63) is 72.9 Å². The highest BCUT2D eigenvalue weighted by molar-refractivity contribution is 5.72. The van der Waals surface area contributed by atoms with Crippen molar-refractivity contribution in [2.45, 2.75) is 199 Å². The lowest BCUT2D eigenvalue weighted by molar-refractivity contribution is -0.887. The highest BCUT2D eigenvalue weighted by Gasteiger charge is 2.31. The first kappa shape index (κ1) is 56.8. The maximum absolute atomic E-state index is 12.8. The fourth-order valence-corrected chi connectivity index (χ4v) is 6.66. The van der Waals surface area contributed by atoms with Gasteiger partial charge in [-0.15, -0.1) is 0 Å². The molecular formula is C52H90NO7+. The molecule has 2 atom stereocenters. The van der Waals surface area contributed by atoms with E-state index in [-0.39, 0.29) is 36.2 Å². The Hall–Kier alpha value is -3.23. The number of carboxylic acids is 1. The fraction of sp³-hybridized carbons (Fsp3) is 0.712. The number of aliphatic carboxylic acids is 1. The molecule has 0 aliphatic carbocycles. The van der Waals surface area contributed by atoms with Gasteiger partial charge in [0.25, 0.3) is 0 Å². The number of quaternary nitrogens is 1. The van der Waals surface area contributed by atoms with Crippen LogP contribution in [0.5, 0.6) is 0 Å². The van der Waals surface area contributed by atoms with E-state index in [0.29, 0.717) is 19.3 Å². The molecule has 0 fully saturated rings. The molecule has 0 heterocycles. The second kappa shape index (κ2) is 42.5. The molecule has 0 aliphatic heterocycles. The van der Waals surface area contributed by atoms with E-state index in [2.05, 4.69) is 86.8 Å². The standard InChI is InChI=1S/C52H89NO7/c1-6-8-10-12-14-16-18-20-22-24-25-26-27-29-31-33-35-37-39-41-43-51(55)60-48(46-58-45-44-49(52(56)57)53(3,4)5)47-59-50(54)42-40-38-36-34-32-30-28-23-21-19-17-15-13-11-9-7-2/h9,11,15-18,20-23,30,32,48-49H,6-8,10,12-14,19,24-29,31,33-47H2,1-5H3/p+1/b11-9+,17-15+,18-16+,22-20+,23-21+,32-30+. The van der Waals surface area contributed by atoms with E-state index in [0.717, 1.165) is 70.6 Å². The predicted molar refractivity (Wildman–Crippen MR) is 252 cm³/mol. The minimum Gasteiger partial charge on any atom is -0.477 e. The first-order valence-corrected chi connectivity index (χ1v) is 24.0. The van der Waals surface area contributed by atoms with Crippen LogP contribution in [0.15, 0.2) is 72.9 Å². The van der Waals surface area contributed by atoms with Gasteiger partial charge in [0.1, 0.15) is 6.61 Å². The smallest absolute Gasteiger partial charge is 0.362 e. The molecule has 0 saturated heterocycles. The maximum Gasteiger partial charge on any atom is 0.362 e. The summed E-state index contributed by atoms with van der Waals surface area (Å²) in [4.78, 5) is 37.1. The Morgan fingerprint density at radius 2 is 0.983 bits per heavy atom. The third kappa shape index (κ3) is 40.2. The Morgan fingerprint density at radius 1 is 0.533 bits per heavy atom. The summed E-state index contributed by atoms with van der Waals surface area (Å²) in [5.41, 5.74) is 0. The topological polar surface area (TPSA) is 99.1 Å². The van der Waals surface area contributed by atoms with Crippen LogP contribution in [-0.4, -0.2) is 80.6 Å². The van der Waals surface area contributed by atoms with Crippen molar-refractivity contribution >= 4 is 17.9 Å². The number of carboxylic acid groups (broad SMARTS) is 1. The van der Waals surface area contributed by atoms with E-state index >= 15 is 0 Å². The van der Waals surface area contributed by atoms with Crippen LogP contribution in [0.4, 0.5) is 0 Å². The Bertz CT molecular complexity index is 1210. The molecule has 0 amide bonds. The van der Waals surface area contributed by atoms with Crippen LogP contribution in [0.1, 0.15) is 187 Å². The van der Waals surface area contributed by atoms with E-state index in [1.165, 1.54) is 83.5 Å². The molecule has 60 heavy (non-hydrogen) atoms. The summed E-state index contributed by atoms with van der Waals surface area (Å²) in [6.45, 7) is 4.57. The van der Waals surface area contributed by atoms with Gasteiger partial charge in [-0.1, -0.05) is 164 Å². The largest absolute Gasteiger partial charge is 0.477 e. The molecule has 0 saturated carbocycles. The Morgan fingerprint density at radius 3 is 1.50 bits per heavy atom. The maximum atomic E-state index is 12.8. The SMILES string of the molecule is CC/C=C/C/C=C/C/C=C/C/C=C/CCCCCC(=O)OCC(COCCC(C(=O)O)[N+](C)(C)C)OC(=O)CCCCCCCCCCCC/C=C/C=C/CCCCCC. The molecule has 2 unspecified atom stereocenters. The predicted octanol–water partition coefficient (Wildman–Crippen LogP) is 13.5. The quantitative estimate of drug-likeness (QED) is 0.0215. The molecule has 0 aromatic rings. The average Bonchev–Trinajstić information content (AvgIpc) is 3.21. The van der Waals surface area contributed by atoms with Gasteiger partial charge in [-0.2, -0.15) is 0 Å². The van der Waals surface area contributed by atoms with Gasteiger partial charge in [0.2, 0.25) is 0 Å². The first-order valence-electron chi connectivity index (χ1n) is 24.0. The zero-order valence-electron chi connectivity index (χ0n) is 39.1. The lowest BCUT2D eigenvalue weighted by Gasteiger charge is -2.31. The number of carbonyl (C=O) groups is 3. The van der Waals surface area contributed by atoms with Crippen molar-refractivity contribution in [1.82, 2.24) is 0 Å². The molecule has 0 aliphatic rings. The molecule has 1 N–H and O–H groups in total. The number of allylic oxidation sites excluding steroid dienone is 12. The van der Waals surface area contributed by atoms with Gasteiger partial charge in [-0.05, 0) is 77.0 Å². The number of carbonyl (C=O) groups excluding carboxylic acids is 2. The third-order valence-corrected chi connectivity index (χ3v) is 10.4. The number of hydrogen-bond donors (Lipinski definition) is 1. The zero-order chi connectivity index (χ0) is 44.2. The van der Waals surface area contributed by atoms with Crippen molar-refractivity contribution in [2.75, 3.05) is 41.0 Å². The molecule has 0 bridgehead atoms. The minimum absolute atomic E-state index is 0.0463. The summed E-state index contributed by atoms with van der Waals surface area (Å²) in [7, 11) is 5.51. The second-order valence-electron chi connectivity index (χ2n) is 17.0. The third-order valence-electron chi connectivity index (χ3n) is 10.4. The summed E-state index contributed by atoms with van der Waals surface area (Å²) in [5.74, 6) is -1.52. The van der Waals surface area contributed by atoms with Crippen LogP contribution in [0, 0.1) is 0 Å². The number of ether oxygens (including phenoxy) is 3. The minimum atomic E-state index is -0.882. The van der Waals surface area contributed by atoms with Gasteiger partial charge in [-0.25, -0.2) is 4.79 Å². The second-order valence-corrected chi connectivity index (χ2v) is 17.0. The lowest BCUT2D eigenvalue weighted by Crippen LogP contribution is -2.50. The van der Waals surface area contributed by atoms with E-state index in [9.17, 15) is 19.5 Å². The summed E-state index contributed by atoms with van der Waals surface area (Å²) in [5, 5.41) is 9.64. The fourth-order valence-electron chi connectivity index (χ4n) is 6.66. The number of likely N-dealkylation sites (N-methyl/N-ethyl adjacent to an activating group) is 1. The van der Waals surface area contributed by atoms with Gasteiger partial charge < -0.3 is 23.8 Å². The lowest BCUT2D eigenvalue weighted by atomic mass is 10.1. The van der Waals surface area contributed by atoms with Crippen LogP contribution in [0.25, 0.3) is 0 Å². The van der Waals surface area contributed by atoms with E-state index in [4.69, 9.17) is 14.2 Å². The number of nitrogens with zero attached hydrogens (tertiary/aromatic N) is 1. The van der Waals surface area contributed by atoms with Crippen molar-refractivity contribution in [1.29, 1.82) is 0 Å². The van der Waals surface area contributed by atoms with E-state index < -0.39 is 18.1 Å². The average molecular weight is 841 g/mol. The van der Waals surface area contributed by atoms with Gasteiger partial charge in [0, 0.05) is 19.3 Å². The number of rotatable bonds is 42. The van der Waals surface area contributed by atoms with Crippen molar-refractivity contribution in [2.24, 2.45) is 0 Å². The molecule has 0 rings (SSSR count). The summed E-state index contributed by atoms with van der Waals surface area (Å²) in [6.07, 6.45) is 53.7. The van der Waals surface area contributed by atoms with Crippen molar-refractivity contribution in [3.63, 3.8) is 0 Å². The Labute approximate surface area is 368 Å². The Balaban J connectivity index is 4.35. The normalized spacial score (nSPS) is 13.6. The highest BCUT2D eigenvalue weighted by Crippen LogP contribution is 2.14. The summed E-state index contributed by atoms with van der Waals surface area (Å²) < 4.78 is 17.3. The molecule has 0 radical (unpaired) electrons. The van der Waals surface area contributed by atoms with Crippen molar-refractivity contribution in [3.8, 4) is 0 Å². The molecule has 0 aromatic carbocycles. The van der Waals surface area contributed by atoms with Crippen LogP contribution in [0.3, 0.4) is 0 Å². The van der Waals surface area contributed by atoms with Crippen LogP contribution in [0.2, 0.25) is 0 Å². The number of unbranched alkanes of at least 4 members (excludes halogenated alkanes) is 17. The van der Waals surface area contributed by atoms with Gasteiger partial charge in [-0.3, -0.25) is 9.59 Å². The van der Waals surface area contributed by atoms with Gasteiger partial charge in [0.15, 0.2) is 12.1 Å². The highest BCUT2D eigenvalue weighted by atomic mass is 16.6. The van der Waals surface area contributed by atoms with Crippen LogP contribution < -0.4 is 0 Å². The number of esters is 2. The van der Waals surface area contributed by atoms with E-state index in [1.54, 1.807) is 0 Å². The Kier molecular flexibility index (Phi) is 40.2. The summed E-state index contributed by atoms with van der Waals surface area (Å²) in [6, 6.07) is -0.623. The van der Waals surface area contributed by atoms with E-state index in [1.807, 2.05) is 21.1 Å². The number of hydrogen-bond acceptors (Lipinski definition) is 6. The van der Waals surface area contributed by atoms with Gasteiger partial charge >= 0.3 is 17.9 Å². The first-order chi connectivity index (χ1) is 29.1. The molecule has 8 nitrogen and oxygen atoms in total. The molecule has 344 valence electrons. The van der Waals surface area contributed by atoms with Gasteiger partial charge in [0.05, 0.1) is 34.4 Å². The van der Waals surface area contributed by atoms with Crippen LogP contribution >= 0.6 is 0 Å². The van der Waals surface area contributed by atoms with Crippen molar-refractivity contribution < 1.29 is 38.2 Å². The molecule has 8 heteroatoms. The molecule has 0 aromatic heterocycles. The monoisotopic (exact) mass is 841 g/mol. The van der Waals surface area contributed by atoms with Crippen LogP contribution in [-0.2, 0) is 28.6 Å².